The minimum absolute atomic E-state index is 0.0730. The molecule has 3 N–H and O–H groups in total. The molecule has 3 heterocycles. The Labute approximate surface area is 110 Å². The molecule has 0 aromatic heterocycles. The van der Waals surface area contributed by atoms with Gasteiger partial charge in [-0.3, -0.25) is 9.69 Å². The Morgan fingerprint density at radius 1 is 1.56 bits per heavy atom. The van der Waals surface area contributed by atoms with Crippen LogP contribution in [0, 0.1) is 5.92 Å². The summed E-state index contributed by atoms with van der Waals surface area (Å²) < 4.78 is 0. The first-order chi connectivity index (χ1) is 8.78. The van der Waals surface area contributed by atoms with E-state index in [1.165, 1.54) is 12.8 Å². The summed E-state index contributed by atoms with van der Waals surface area (Å²) in [5.74, 6) is 3.71. The van der Waals surface area contributed by atoms with Crippen LogP contribution in [0.4, 0.5) is 0 Å². The minimum atomic E-state index is 0.0730. The number of fused-ring (bicyclic) bond motifs is 2. The number of hydrogen-bond donors (Lipinski definition) is 2. The van der Waals surface area contributed by atoms with Crippen molar-refractivity contribution in [3.05, 3.63) is 11.4 Å². The second kappa shape index (κ2) is 5.28. The minimum Gasteiger partial charge on any atom is -0.348 e. The second-order valence-corrected chi connectivity index (χ2v) is 6.85. The molecule has 2 fully saturated rings. The zero-order valence-corrected chi connectivity index (χ0v) is 11.7. The summed E-state index contributed by atoms with van der Waals surface area (Å²) in [4.78, 5) is 14.6. The Morgan fingerprint density at radius 3 is 3.06 bits per heavy atom. The normalized spacial score (nSPS) is 36.3. The number of amides is 1. The summed E-state index contributed by atoms with van der Waals surface area (Å²) in [6, 6.07) is 0.0730. The maximum atomic E-state index is 12.4. The van der Waals surface area contributed by atoms with Crippen molar-refractivity contribution in [2.75, 3.05) is 19.6 Å². The fraction of sp³-hybridized carbons (Fsp3) is 0.769. The van der Waals surface area contributed by atoms with Gasteiger partial charge >= 0.3 is 0 Å². The number of nitrogens with one attached hydrogen (secondary N) is 1. The average Bonchev–Trinajstić information content (AvgIpc) is 2.77. The lowest BCUT2D eigenvalue weighted by Crippen LogP contribution is -2.50. The molecular formula is C13H22N3OP. The molecule has 0 spiro atoms. The van der Waals surface area contributed by atoms with E-state index in [0.717, 1.165) is 40.4 Å². The Balaban J connectivity index is 1.56. The molecule has 4 rings (SSSR count). The third kappa shape index (κ3) is 2.34. The van der Waals surface area contributed by atoms with E-state index in [9.17, 15) is 4.79 Å². The van der Waals surface area contributed by atoms with Crippen molar-refractivity contribution >= 4 is 14.5 Å². The van der Waals surface area contributed by atoms with E-state index < -0.39 is 0 Å². The summed E-state index contributed by atoms with van der Waals surface area (Å²) in [5.41, 5.74) is 7.21. The Kier molecular flexibility index (Phi) is 3.69. The zero-order chi connectivity index (χ0) is 12.5. The fourth-order valence-corrected chi connectivity index (χ4v) is 4.66. The maximum absolute atomic E-state index is 12.4. The van der Waals surface area contributed by atoms with Gasteiger partial charge in [-0.25, -0.2) is 0 Å². The number of allylic oxidation sites excluding steroid dienone is 1. The summed E-state index contributed by atoms with van der Waals surface area (Å²) in [6.07, 6.45) is 4.55. The molecule has 2 bridgehead atoms. The van der Waals surface area contributed by atoms with Crippen LogP contribution in [0.15, 0.2) is 11.4 Å². The molecule has 1 amide bonds. The molecule has 5 heteroatoms. The molecular weight excluding hydrogens is 245 g/mol. The predicted molar refractivity (Wildman–Crippen MR) is 74.7 cm³/mol. The van der Waals surface area contributed by atoms with Crippen LogP contribution in [0.25, 0.3) is 0 Å². The van der Waals surface area contributed by atoms with Crippen molar-refractivity contribution in [3.8, 4) is 0 Å². The molecule has 18 heavy (non-hydrogen) atoms. The first-order valence-electron chi connectivity index (χ1n) is 6.96. The highest BCUT2D eigenvalue weighted by molar-refractivity contribution is 7.42. The van der Waals surface area contributed by atoms with Crippen LogP contribution in [0.1, 0.15) is 25.7 Å². The van der Waals surface area contributed by atoms with Crippen molar-refractivity contribution in [3.63, 3.8) is 0 Å². The van der Waals surface area contributed by atoms with Gasteiger partial charge in [0.1, 0.15) is 0 Å². The Hall–Kier alpha value is -0.440. The van der Waals surface area contributed by atoms with Crippen molar-refractivity contribution < 1.29 is 4.79 Å². The monoisotopic (exact) mass is 267 g/mol. The number of carbonyl (C=O) groups excluding carboxylic acids is 1. The molecule has 0 aromatic rings. The SMILES string of the molecule is NCCN1CCCC1C(=O)NC1PC=C2CC1C2. The van der Waals surface area contributed by atoms with Gasteiger partial charge in [-0.15, -0.1) is 0 Å². The lowest BCUT2D eigenvalue weighted by atomic mass is 9.80. The Bertz CT molecular complexity index is 363. The number of carbonyl (C=O) groups is 1. The summed E-state index contributed by atoms with van der Waals surface area (Å²) in [7, 11) is 0.788. The van der Waals surface area contributed by atoms with Gasteiger partial charge in [0.05, 0.1) is 11.8 Å². The summed E-state index contributed by atoms with van der Waals surface area (Å²) >= 11 is 0. The van der Waals surface area contributed by atoms with E-state index in [4.69, 9.17) is 5.73 Å². The average molecular weight is 267 g/mol. The van der Waals surface area contributed by atoms with Gasteiger partial charge in [-0.2, -0.15) is 0 Å². The number of hydrogen-bond acceptors (Lipinski definition) is 3. The standard InChI is InChI=1S/C13H22N3OP/c14-3-5-16-4-1-2-11(16)12(17)15-13-10-6-9(7-10)8-18-13/h8,10-11,13,18H,1-7,14H2,(H,15,17). The number of nitrogens with two attached hydrogens (primary N) is 1. The number of rotatable bonds is 4. The highest BCUT2D eigenvalue weighted by Gasteiger charge is 2.37. The molecule has 4 aliphatic rings. The quantitative estimate of drug-likeness (QED) is 0.742. The van der Waals surface area contributed by atoms with Crippen molar-refractivity contribution in [2.45, 2.75) is 37.5 Å². The summed E-state index contributed by atoms with van der Waals surface area (Å²) in [5, 5.41) is 3.28. The van der Waals surface area contributed by atoms with E-state index in [1.807, 2.05) is 0 Å². The van der Waals surface area contributed by atoms with Gasteiger partial charge < -0.3 is 11.1 Å². The number of likely N-dealkylation sites (tertiary alicyclic amines) is 1. The first-order valence-corrected chi connectivity index (χ1v) is 8.12. The molecule has 1 saturated heterocycles. The van der Waals surface area contributed by atoms with E-state index >= 15 is 0 Å². The van der Waals surface area contributed by atoms with Gasteiger partial charge in [0.2, 0.25) is 5.91 Å². The van der Waals surface area contributed by atoms with Gasteiger partial charge in [-0.1, -0.05) is 20.0 Å². The topological polar surface area (TPSA) is 58.4 Å². The van der Waals surface area contributed by atoms with E-state index in [0.29, 0.717) is 12.3 Å². The number of nitrogens with zero attached hydrogens (tertiary/aromatic N) is 1. The molecule has 3 aliphatic heterocycles. The van der Waals surface area contributed by atoms with Crippen molar-refractivity contribution in [2.24, 2.45) is 11.7 Å². The largest absolute Gasteiger partial charge is 0.348 e. The lowest BCUT2D eigenvalue weighted by Gasteiger charge is -2.41. The molecule has 4 nitrogen and oxygen atoms in total. The first kappa shape index (κ1) is 12.6. The van der Waals surface area contributed by atoms with Crippen LogP contribution < -0.4 is 11.1 Å². The van der Waals surface area contributed by atoms with Crippen LogP contribution in [0.2, 0.25) is 0 Å². The summed E-state index contributed by atoms with van der Waals surface area (Å²) in [6.45, 7) is 2.51. The zero-order valence-electron chi connectivity index (χ0n) is 10.7. The van der Waals surface area contributed by atoms with Crippen LogP contribution >= 0.6 is 8.58 Å². The van der Waals surface area contributed by atoms with E-state index in [2.05, 4.69) is 16.0 Å². The molecule has 3 unspecified atom stereocenters. The second-order valence-electron chi connectivity index (χ2n) is 5.61. The molecule has 0 radical (unpaired) electrons. The van der Waals surface area contributed by atoms with Gasteiger partial charge in [0, 0.05) is 13.1 Å². The van der Waals surface area contributed by atoms with Crippen LogP contribution in [-0.2, 0) is 4.79 Å². The molecule has 100 valence electrons. The van der Waals surface area contributed by atoms with Crippen molar-refractivity contribution in [1.82, 2.24) is 10.2 Å². The fourth-order valence-electron chi connectivity index (χ4n) is 3.28. The Morgan fingerprint density at radius 2 is 2.39 bits per heavy atom. The molecule has 1 aliphatic carbocycles. The van der Waals surface area contributed by atoms with Crippen LogP contribution in [0.3, 0.4) is 0 Å². The van der Waals surface area contributed by atoms with Crippen LogP contribution in [0.5, 0.6) is 0 Å². The van der Waals surface area contributed by atoms with Gasteiger partial charge in [0.25, 0.3) is 0 Å². The maximum Gasteiger partial charge on any atom is 0.237 e. The highest BCUT2D eigenvalue weighted by Crippen LogP contribution is 2.48. The third-order valence-corrected chi connectivity index (χ3v) is 5.92. The van der Waals surface area contributed by atoms with Gasteiger partial charge in [-0.05, 0) is 38.1 Å². The smallest absolute Gasteiger partial charge is 0.237 e. The van der Waals surface area contributed by atoms with E-state index in [-0.39, 0.29) is 11.9 Å². The third-order valence-electron chi connectivity index (χ3n) is 4.37. The van der Waals surface area contributed by atoms with Crippen molar-refractivity contribution in [1.29, 1.82) is 0 Å². The molecule has 3 atom stereocenters. The predicted octanol–water partition coefficient (Wildman–Crippen LogP) is 0.838. The lowest BCUT2D eigenvalue weighted by molar-refractivity contribution is -0.126. The molecule has 0 aromatic carbocycles. The van der Waals surface area contributed by atoms with Gasteiger partial charge in [0.15, 0.2) is 0 Å². The van der Waals surface area contributed by atoms with E-state index in [1.54, 1.807) is 5.57 Å². The molecule has 1 saturated carbocycles. The highest BCUT2D eigenvalue weighted by atomic mass is 31.1. The van der Waals surface area contributed by atoms with Crippen LogP contribution in [-0.4, -0.2) is 42.3 Å².